The molecule has 142 valence electrons. The molecular formula is C20H24N3O3S+. The molecule has 3 heterocycles. The Balaban J connectivity index is 1.88. The molecule has 2 fully saturated rings. The number of para-hydroxylation sites is 1. The van der Waals surface area contributed by atoms with E-state index in [2.05, 4.69) is 6.58 Å². The third-order valence-corrected chi connectivity index (χ3v) is 6.85. The maximum Gasteiger partial charge on any atom is 0.294 e. The van der Waals surface area contributed by atoms with Gasteiger partial charge in [-0.05, 0) is 18.1 Å². The van der Waals surface area contributed by atoms with E-state index in [4.69, 9.17) is 0 Å². The van der Waals surface area contributed by atoms with Gasteiger partial charge in [-0.15, -0.1) is 6.58 Å². The summed E-state index contributed by atoms with van der Waals surface area (Å²) in [6.07, 6.45) is 4.50. The average Bonchev–Trinajstić information content (AvgIpc) is 3.22. The van der Waals surface area contributed by atoms with Crippen molar-refractivity contribution in [2.75, 3.05) is 30.5 Å². The van der Waals surface area contributed by atoms with Gasteiger partial charge in [0.05, 0.1) is 5.69 Å². The lowest BCUT2D eigenvalue weighted by Crippen LogP contribution is -2.99. The first kappa shape index (κ1) is 18.3. The van der Waals surface area contributed by atoms with Gasteiger partial charge in [-0.1, -0.05) is 24.3 Å². The van der Waals surface area contributed by atoms with Crippen LogP contribution >= 0.6 is 11.8 Å². The lowest BCUT2D eigenvalue weighted by molar-refractivity contribution is -0.733. The Bertz CT molecular complexity index is 842. The number of rotatable bonds is 5. The fourth-order valence-electron chi connectivity index (χ4n) is 5.09. The van der Waals surface area contributed by atoms with Crippen molar-refractivity contribution in [1.82, 2.24) is 4.90 Å². The van der Waals surface area contributed by atoms with Gasteiger partial charge >= 0.3 is 0 Å². The Hall–Kier alpha value is -2.12. The molecule has 3 amide bonds. The first-order chi connectivity index (χ1) is 13.0. The van der Waals surface area contributed by atoms with Crippen molar-refractivity contribution in [3.8, 4) is 0 Å². The van der Waals surface area contributed by atoms with Crippen molar-refractivity contribution in [2.24, 2.45) is 11.8 Å². The maximum absolute atomic E-state index is 13.7. The Kier molecular flexibility index (Phi) is 4.39. The molecule has 1 aromatic carbocycles. The molecule has 7 heteroatoms. The molecule has 2 N–H and O–H groups in total. The number of benzene rings is 1. The maximum atomic E-state index is 13.7. The van der Waals surface area contributed by atoms with Crippen LogP contribution in [0.15, 0.2) is 36.9 Å². The number of thioether (sulfide) groups is 1. The fourth-order valence-corrected chi connectivity index (χ4v) is 5.59. The van der Waals surface area contributed by atoms with Crippen LogP contribution in [0.2, 0.25) is 0 Å². The number of nitrogens with two attached hydrogens (primary N) is 1. The zero-order chi connectivity index (χ0) is 19.3. The minimum absolute atomic E-state index is 0.0791. The zero-order valence-electron chi connectivity index (χ0n) is 15.6. The number of anilines is 1. The predicted octanol–water partition coefficient (Wildman–Crippen LogP) is 0.344. The molecule has 6 nitrogen and oxygen atoms in total. The number of likely N-dealkylation sites (tertiary alicyclic amines) is 1. The summed E-state index contributed by atoms with van der Waals surface area (Å²) in [5.74, 6) is -0.715. The van der Waals surface area contributed by atoms with Crippen molar-refractivity contribution in [3.63, 3.8) is 0 Å². The van der Waals surface area contributed by atoms with E-state index in [1.807, 2.05) is 35.8 Å². The van der Waals surface area contributed by atoms with E-state index < -0.39 is 17.4 Å². The lowest BCUT2D eigenvalue weighted by Gasteiger charge is -2.26. The highest BCUT2D eigenvalue weighted by Crippen LogP contribution is 2.51. The SMILES string of the molecule is C=CCN1C(=O)[C@@]2([NH2+][C@H](CCSC)[C@H]3C(=O)N(C)C(=O)[C@H]32)c2ccccc21. The Labute approximate surface area is 163 Å². The van der Waals surface area contributed by atoms with Crippen LogP contribution in [0.5, 0.6) is 0 Å². The molecule has 3 aliphatic heterocycles. The van der Waals surface area contributed by atoms with Crippen molar-refractivity contribution < 1.29 is 19.7 Å². The molecule has 0 saturated carbocycles. The summed E-state index contributed by atoms with van der Waals surface area (Å²) in [5, 5.41) is 2.02. The quantitative estimate of drug-likeness (QED) is 0.585. The van der Waals surface area contributed by atoms with Crippen molar-refractivity contribution >= 4 is 35.2 Å². The topological polar surface area (TPSA) is 74.3 Å². The second kappa shape index (κ2) is 6.49. The normalized spacial score (nSPS) is 31.8. The summed E-state index contributed by atoms with van der Waals surface area (Å²) >= 11 is 1.71. The van der Waals surface area contributed by atoms with E-state index in [1.54, 1.807) is 22.7 Å². The molecule has 2 saturated heterocycles. The Morgan fingerprint density at radius 3 is 2.70 bits per heavy atom. The van der Waals surface area contributed by atoms with Gasteiger partial charge in [0.25, 0.3) is 5.91 Å². The second-order valence-electron chi connectivity index (χ2n) is 7.44. The van der Waals surface area contributed by atoms with Crippen LogP contribution in [0, 0.1) is 11.8 Å². The Morgan fingerprint density at radius 2 is 2.00 bits per heavy atom. The fraction of sp³-hybridized carbons (Fsp3) is 0.450. The summed E-state index contributed by atoms with van der Waals surface area (Å²) < 4.78 is 0. The smallest absolute Gasteiger partial charge is 0.294 e. The number of carbonyl (C=O) groups is 3. The molecule has 27 heavy (non-hydrogen) atoms. The highest BCUT2D eigenvalue weighted by Gasteiger charge is 2.74. The number of nitrogens with zero attached hydrogens (tertiary/aromatic N) is 2. The van der Waals surface area contributed by atoms with Crippen LogP contribution in [0.1, 0.15) is 12.0 Å². The van der Waals surface area contributed by atoms with E-state index >= 15 is 0 Å². The van der Waals surface area contributed by atoms with Crippen LogP contribution < -0.4 is 10.2 Å². The number of amides is 3. The molecule has 0 radical (unpaired) electrons. The average molecular weight is 386 g/mol. The van der Waals surface area contributed by atoms with Gasteiger partial charge in [-0.2, -0.15) is 11.8 Å². The highest BCUT2D eigenvalue weighted by molar-refractivity contribution is 7.98. The number of hydrogen-bond acceptors (Lipinski definition) is 4. The molecule has 1 spiro atoms. The van der Waals surface area contributed by atoms with Gasteiger partial charge in [0.1, 0.15) is 17.9 Å². The number of fused-ring (bicyclic) bond motifs is 4. The lowest BCUT2D eigenvalue weighted by atomic mass is 9.76. The molecule has 0 bridgehead atoms. The molecule has 0 aliphatic carbocycles. The second-order valence-corrected chi connectivity index (χ2v) is 8.43. The molecule has 0 aromatic heterocycles. The van der Waals surface area contributed by atoms with Crippen LogP contribution in [0.25, 0.3) is 0 Å². The van der Waals surface area contributed by atoms with Crippen LogP contribution in [-0.2, 0) is 19.9 Å². The molecular weight excluding hydrogens is 362 g/mol. The van der Waals surface area contributed by atoms with Crippen LogP contribution in [0.4, 0.5) is 5.69 Å². The molecule has 3 aliphatic rings. The van der Waals surface area contributed by atoms with Gasteiger partial charge in [0, 0.05) is 25.6 Å². The minimum Gasteiger partial charge on any atom is -0.326 e. The monoisotopic (exact) mass is 386 g/mol. The summed E-state index contributed by atoms with van der Waals surface area (Å²) in [5.41, 5.74) is 0.609. The van der Waals surface area contributed by atoms with Crippen LogP contribution in [0.3, 0.4) is 0 Å². The van der Waals surface area contributed by atoms with Gasteiger partial charge in [0.15, 0.2) is 0 Å². The number of carbonyl (C=O) groups excluding carboxylic acids is 3. The van der Waals surface area contributed by atoms with E-state index in [1.165, 1.54) is 11.9 Å². The predicted molar refractivity (Wildman–Crippen MR) is 104 cm³/mol. The minimum atomic E-state index is -1.05. The third kappa shape index (κ3) is 2.28. The number of quaternary nitrogens is 1. The molecule has 1 aromatic rings. The third-order valence-electron chi connectivity index (χ3n) is 6.21. The molecule has 4 atom stereocenters. The Morgan fingerprint density at radius 1 is 1.26 bits per heavy atom. The summed E-state index contributed by atoms with van der Waals surface area (Å²) in [4.78, 5) is 42.5. The molecule has 4 rings (SSSR count). The van der Waals surface area contributed by atoms with Crippen molar-refractivity contribution in [2.45, 2.75) is 18.0 Å². The number of hydrogen-bond donors (Lipinski definition) is 1. The number of imide groups is 1. The summed E-state index contributed by atoms with van der Waals surface area (Å²) in [6.45, 7) is 4.16. The first-order valence-corrected chi connectivity index (χ1v) is 10.6. The van der Waals surface area contributed by atoms with Gasteiger partial charge in [-0.25, -0.2) is 0 Å². The first-order valence-electron chi connectivity index (χ1n) is 9.17. The van der Waals surface area contributed by atoms with Crippen molar-refractivity contribution in [1.29, 1.82) is 0 Å². The van der Waals surface area contributed by atoms with Crippen molar-refractivity contribution in [3.05, 3.63) is 42.5 Å². The van der Waals surface area contributed by atoms with E-state index in [9.17, 15) is 14.4 Å². The van der Waals surface area contributed by atoms with E-state index in [0.29, 0.717) is 6.54 Å². The van der Waals surface area contributed by atoms with E-state index in [0.717, 1.165) is 23.4 Å². The highest BCUT2D eigenvalue weighted by atomic mass is 32.2. The van der Waals surface area contributed by atoms with Gasteiger partial charge < -0.3 is 10.2 Å². The van der Waals surface area contributed by atoms with Crippen LogP contribution in [-0.4, -0.2) is 54.3 Å². The van der Waals surface area contributed by atoms with Gasteiger partial charge in [0.2, 0.25) is 17.4 Å². The largest absolute Gasteiger partial charge is 0.326 e. The van der Waals surface area contributed by atoms with E-state index in [-0.39, 0.29) is 23.8 Å². The van der Waals surface area contributed by atoms with Gasteiger partial charge in [-0.3, -0.25) is 19.3 Å². The summed E-state index contributed by atoms with van der Waals surface area (Å²) in [6, 6.07) is 7.55. The molecule has 0 unspecified atom stereocenters. The standard InChI is InChI=1S/C20H23N3O3S/c1-4-10-23-14-8-6-5-7-12(14)20(19(23)26)16-15(13(21-20)9-11-27-3)17(24)22(2)18(16)25/h4-8,13,15-16,21H,1,9-11H2,2-3H3/p+1/t13-,15-,16+,20-/m1/s1. The summed E-state index contributed by atoms with van der Waals surface area (Å²) in [7, 11) is 1.54. The zero-order valence-corrected chi connectivity index (χ0v) is 16.4.